The Bertz CT molecular complexity index is 732. The van der Waals surface area contributed by atoms with Crippen LogP contribution in [0.3, 0.4) is 0 Å². The van der Waals surface area contributed by atoms with E-state index in [9.17, 15) is 13.2 Å². The zero-order valence-corrected chi connectivity index (χ0v) is 17.9. The summed E-state index contributed by atoms with van der Waals surface area (Å²) in [5.41, 5.74) is 1.01. The summed E-state index contributed by atoms with van der Waals surface area (Å²) in [6.45, 7) is 1.23. The van der Waals surface area contributed by atoms with Crippen LogP contribution in [0.25, 0.3) is 0 Å². The third-order valence-electron chi connectivity index (χ3n) is 6.27. The average molecular weight is 407 g/mol. The van der Waals surface area contributed by atoms with Gasteiger partial charge >= 0.3 is 0 Å². The minimum absolute atomic E-state index is 0.192. The molecule has 1 saturated carbocycles. The van der Waals surface area contributed by atoms with Gasteiger partial charge in [-0.25, -0.2) is 8.42 Å². The fourth-order valence-corrected chi connectivity index (χ4v) is 5.88. The second-order valence-electron chi connectivity index (χ2n) is 8.26. The first-order chi connectivity index (χ1) is 13.5. The number of hydrogen-bond acceptors (Lipinski definition) is 3. The van der Waals surface area contributed by atoms with Crippen molar-refractivity contribution in [2.24, 2.45) is 0 Å². The lowest BCUT2D eigenvalue weighted by Gasteiger charge is -2.27. The molecular weight excluding hydrogens is 372 g/mol. The molecule has 1 aromatic carbocycles. The molecular formula is C22H34N2O3S. The average Bonchev–Trinajstić information content (AvgIpc) is 3.02. The number of sulfonamides is 1. The third-order valence-corrected chi connectivity index (χ3v) is 8.18. The maximum absolute atomic E-state index is 12.7. The first-order valence-corrected chi connectivity index (χ1v) is 12.3. The van der Waals surface area contributed by atoms with E-state index in [0.29, 0.717) is 36.9 Å². The van der Waals surface area contributed by atoms with Gasteiger partial charge < -0.3 is 4.90 Å². The minimum atomic E-state index is -3.38. The highest BCUT2D eigenvalue weighted by Crippen LogP contribution is 2.23. The van der Waals surface area contributed by atoms with Gasteiger partial charge in [-0.3, -0.25) is 4.79 Å². The van der Waals surface area contributed by atoms with Gasteiger partial charge in [0.25, 0.3) is 0 Å². The minimum Gasteiger partial charge on any atom is -0.343 e. The molecule has 0 spiro atoms. The first-order valence-electron chi connectivity index (χ1n) is 10.8. The van der Waals surface area contributed by atoms with Crippen molar-refractivity contribution in [3.05, 3.63) is 29.8 Å². The van der Waals surface area contributed by atoms with E-state index in [2.05, 4.69) is 0 Å². The highest BCUT2D eigenvalue weighted by molar-refractivity contribution is 7.89. The zero-order chi connectivity index (χ0) is 20.0. The Labute approximate surface area is 170 Å². The van der Waals surface area contributed by atoms with Crippen LogP contribution in [-0.4, -0.2) is 49.7 Å². The van der Waals surface area contributed by atoms with Crippen LogP contribution in [0.15, 0.2) is 29.2 Å². The number of rotatable bonds is 6. The molecule has 1 aliphatic carbocycles. The van der Waals surface area contributed by atoms with E-state index in [1.807, 2.05) is 24.1 Å². The van der Waals surface area contributed by atoms with E-state index >= 15 is 0 Å². The van der Waals surface area contributed by atoms with Crippen LogP contribution in [0.1, 0.15) is 69.8 Å². The van der Waals surface area contributed by atoms with Gasteiger partial charge in [0.05, 0.1) is 4.90 Å². The Hall–Kier alpha value is -1.40. The number of carbonyl (C=O) groups excluding carboxylic acids is 1. The van der Waals surface area contributed by atoms with Crippen LogP contribution < -0.4 is 0 Å². The predicted octanol–water partition coefficient (Wildman–Crippen LogP) is 3.98. The molecule has 6 heteroatoms. The largest absolute Gasteiger partial charge is 0.343 e. The summed E-state index contributed by atoms with van der Waals surface area (Å²) in [5, 5.41) is 0. The SMILES string of the molecule is CN(C(=O)CCc1ccc(S(=O)(=O)N2CCCCC2)cc1)C1CCCCCC1. The fraction of sp³-hybridized carbons (Fsp3) is 0.682. The van der Waals surface area contributed by atoms with Crippen molar-refractivity contribution < 1.29 is 13.2 Å². The normalized spacial score (nSPS) is 19.9. The van der Waals surface area contributed by atoms with Gasteiger partial charge in [-0.2, -0.15) is 4.31 Å². The summed E-state index contributed by atoms with van der Waals surface area (Å²) in [6.07, 6.45) is 11.3. The molecule has 1 aromatic rings. The molecule has 0 aromatic heterocycles. The number of nitrogens with zero attached hydrogens (tertiary/aromatic N) is 2. The summed E-state index contributed by atoms with van der Waals surface area (Å²) >= 11 is 0. The Morgan fingerprint density at radius 1 is 0.964 bits per heavy atom. The maximum atomic E-state index is 12.7. The lowest BCUT2D eigenvalue weighted by Crippen LogP contribution is -2.36. The van der Waals surface area contributed by atoms with Gasteiger partial charge in [-0.15, -0.1) is 0 Å². The van der Waals surface area contributed by atoms with Gasteiger partial charge in [0, 0.05) is 32.6 Å². The second-order valence-corrected chi connectivity index (χ2v) is 10.2. The van der Waals surface area contributed by atoms with Crippen molar-refractivity contribution in [2.45, 2.75) is 81.6 Å². The molecule has 156 valence electrons. The van der Waals surface area contributed by atoms with Gasteiger partial charge in [-0.1, -0.05) is 44.2 Å². The van der Waals surface area contributed by atoms with E-state index < -0.39 is 10.0 Å². The van der Waals surface area contributed by atoms with Crippen LogP contribution in [0.5, 0.6) is 0 Å². The molecule has 2 aliphatic rings. The Kier molecular flexibility index (Phi) is 7.52. The number of benzene rings is 1. The molecule has 28 heavy (non-hydrogen) atoms. The molecule has 1 saturated heterocycles. The molecule has 1 amide bonds. The summed E-state index contributed by atoms with van der Waals surface area (Å²) in [5.74, 6) is 0.192. The molecule has 0 unspecified atom stereocenters. The monoisotopic (exact) mass is 406 g/mol. The summed E-state index contributed by atoms with van der Waals surface area (Å²) in [6, 6.07) is 7.48. The van der Waals surface area contributed by atoms with Gasteiger partial charge in [0.2, 0.25) is 15.9 Å². The van der Waals surface area contributed by atoms with Crippen molar-refractivity contribution in [1.82, 2.24) is 9.21 Å². The molecule has 1 heterocycles. The smallest absolute Gasteiger partial charge is 0.243 e. The van der Waals surface area contributed by atoms with Crippen LogP contribution in [-0.2, 0) is 21.2 Å². The van der Waals surface area contributed by atoms with Gasteiger partial charge in [0.1, 0.15) is 0 Å². The van der Waals surface area contributed by atoms with E-state index in [0.717, 1.165) is 37.7 Å². The molecule has 5 nitrogen and oxygen atoms in total. The first kappa shape index (κ1) is 21.3. The van der Waals surface area contributed by atoms with E-state index in [4.69, 9.17) is 0 Å². The molecule has 2 fully saturated rings. The Balaban J connectivity index is 1.54. The highest BCUT2D eigenvalue weighted by atomic mass is 32.2. The maximum Gasteiger partial charge on any atom is 0.243 e. The van der Waals surface area contributed by atoms with Crippen LogP contribution in [0.4, 0.5) is 0 Å². The van der Waals surface area contributed by atoms with Crippen LogP contribution in [0, 0.1) is 0 Å². The zero-order valence-electron chi connectivity index (χ0n) is 17.1. The number of aryl methyl sites for hydroxylation is 1. The lowest BCUT2D eigenvalue weighted by atomic mass is 10.1. The quantitative estimate of drug-likeness (QED) is 0.672. The lowest BCUT2D eigenvalue weighted by molar-refractivity contribution is -0.132. The number of hydrogen-bond donors (Lipinski definition) is 0. The molecule has 0 bridgehead atoms. The van der Waals surface area contributed by atoms with Crippen LogP contribution in [0.2, 0.25) is 0 Å². The Morgan fingerprint density at radius 3 is 2.14 bits per heavy atom. The molecule has 0 N–H and O–H groups in total. The van der Waals surface area contributed by atoms with E-state index in [1.165, 1.54) is 25.7 Å². The standard InChI is InChI=1S/C22H34N2O3S/c1-23(20-9-5-2-3-6-10-20)22(25)16-13-19-11-14-21(15-12-19)28(26,27)24-17-7-4-8-18-24/h11-12,14-15,20H,2-10,13,16-18H2,1H3. The number of amides is 1. The summed E-state index contributed by atoms with van der Waals surface area (Å²) in [4.78, 5) is 14.9. The van der Waals surface area contributed by atoms with E-state index in [1.54, 1.807) is 16.4 Å². The topological polar surface area (TPSA) is 57.7 Å². The van der Waals surface area contributed by atoms with Crippen molar-refractivity contribution >= 4 is 15.9 Å². The Morgan fingerprint density at radius 2 is 1.54 bits per heavy atom. The second kappa shape index (κ2) is 9.88. The molecule has 1 aliphatic heterocycles. The highest BCUT2D eigenvalue weighted by Gasteiger charge is 2.26. The molecule has 0 radical (unpaired) electrons. The van der Waals surface area contributed by atoms with Crippen molar-refractivity contribution in [3.63, 3.8) is 0 Å². The van der Waals surface area contributed by atoms with Gasteiger partial charge in [0.15, 0.2) is 0 Å². The number of carbonyl (C=O) groups is 1. The summed E-state index contributed by atoms with van der Waals surface area (Å²) in [7, 11) is -1.45. The fourth-order valence-electron chi connectivity index (χ4n) is 4.36. The van der Waals surface area contributed by atoms with Crippen molar-refractivity contribution in [2.75, 3.05) is 20.1 Å². The van der Waals surface area contributed by atoms with Gasteiger partial charge in [-0.05, 0) is 49.8 Å². The predicted molar refractivity (Wildman–Crippen MR) is 112 cm³/mol. The van der Waals surface area contributed by atoms with Crippen LogP contribution >= 0.6 is 0 Å². The van der Waals surface area contributed by atoms with E-state index in [-0.39, 0.29) is 5.91 Å². The van der Waals surface area contributed by atoms with Crippen molar-refractivity contribution in [1.29, 1.82) is 0 Å². The molecule has 0 atom stereocenters. The van der Waals surface area contributed by atoms with Crippen molar-refractivity contribution in [3.8, 4) is 0 Å². The number of piperidine rings is 1. The summed E-state index contributed by atoms with van der Waals surface area (Å²) < 4.78 is 27.0. The third kappa shape index (κ3) is 5.35. The molecule has 3 rings (SSSR count).